The van der Waals surface area contributed by atoms with Crippen molar-refractivity contribution in [2.45, 2.75) is 32.2 Å². The maximum atomic E-state index is 14.0. The van der Waals surface area contributed by atoms with Crippen molar-refractivity contribution < 1.29 is 13.9 Å². The molecule has 0 spiro atoms. The summed E-state index contributed by atoms with van der Waals surface area (Å²) in [4.78, 5) is 16.3. The number of nitrogens with two attached hydrogens (primary N) is 1. The van der Waals surface area contributed by atoms with Gasteiger partial charge in [-0.3, -0.25) is 9.48 Å². The molecular weight excluding hydrogens is 405 g/mol. The van der Waals surface area contributed by atoms with Crippen molar-refractivity contribution in [1.29, 1.82) is 0 Å². The lowest BCUT2D eigenvalue weighted by molar-refractivity contribution is 0.102. The molecule has 30 heavy (non-hydrogen) atoms. The lowest BCUT2D eigenvalue weighted by atomic mass is 10.1. The number of nitrogens with one attached hydrogen (secondary N) is 1. The fourth-order valence-corrected chi connectivity index (χ4v) is 3.73. The van der Waals surface area contributed by atoms with E-state index in [0.717, 1.165) is 38.0 Å². The fourth-order valence-electron chi connectivity index (χ4n) is 2.90. The molecule has 7 nitrogen and oxygen atoms in total. The summed E-state index contributed by atoms with van der Waals surface area (Å²) in [6.45, 7) is 3.59. The molecule has 9 heteroatoms. The number of hydrogen-bond acceptors (Lipinski definition) is 6. The molecule has 3 heterocycles. The number of carbonyl (C=O) groups excluding carboxylic acids is 1. The number of aryl methyl sites for hydroxylation is 2. The van der Waals surface area contributed by atoms with Crippen molar-refractivity contribution in [2.24, 2.45) is 12.8 Å². The summed E-state index contributed by atoms with van der Waals surface area (Å²) in [5, 5.41) is 8.76. The summed E-state index contributed by atoms with van der Waals surface area (Å²) >= 11 is 1.23. The van der Waals surface area contributed by atoms with Crippen LogP contribution in [0.15, 0.2) is 36.0 Å². The average molecular weight is 432 g/mol. The van der Waals surface area contributed by atoms with E-state index in [2.05, 4.69) is 15.4 Å². The molecule has 1 atom stereocenters. The normalized spacial score (nSPS) is 16.3. The largest absolute Gasteiger partial charge is 0.381 e. The minimum atomic E-state index is -0.344. The lowest BCUT2D eigenvalue weighted by Gasteiger charge is -2.02. The van der Waals surface area contributed by atoms with Crippen molar-refractivity contribution in [3.63, 3.8) is 0 Å². The van der Waals surface area contributed by atoms with Crippen molar-refractivity contribution in [3.8, 4) is 10.6 Å². The molecule has 1 aliphatic rings. The van der Waals surface area contributed by atoms with Crippen LogP contribution in [0.25, 0.3) is 10.6 Å². The Balaban J connectivity index is 0.000000269. The molecule has 3 aromatic rings. The van der Waals surface area contributed by atoms with Crippen LogP contribution >= 0.6 is 11.3 Å². The van der Waals surface area contributed by atoms with Gasteiger partial charge in [0, 0.05) is 43.4 Å². The van der Waals surface area contributed by atoms with Gasteiger partial charge >= 0.3 is 0 Å². The van der Waals surface area contributed by atoms with Gasteiger partial charge in [0.2, 0.25) is 0 Å². The van der Waals surface area contributed by atoms with Gasteiger partial charge < -0.3 is 15.8 Å². The van der Waals surface area contributed by atoms with E-state index in [1.165, 1.54) is 17.4 Å². The Kier molecular flexibility index (Phi) is 7.67. The first-order valence-electron chi connectivity index (χ1n) is 9.77. The highest BCUT2D eigenvalue weighted by atomic mass is 32.1. The molecule has 4 rings (SSSR count). The molecule has 0 radical (unpaired) electrons. The molecule has 0 aliphatic carbocycles. The zero-order valence-electron chi connectivity index (χ0n) is 17.1. The number of amides is 1. The quantitative estimate of drug-likeness (QED) is 0.658. The summed E-state index contributed by atoms with van der Waals surface area (Å²) < 4.78 is 20.7. The number of rotatable bonds is 3. The van der Waals surface area contributed by atoms with Crippen LogP contribution in [0.4, 0.5) is 10.1 Å². The van der Waals surface area contributed by atoms with E-state index in [-0.39, 0.29) is 17.4 Å². The zero-order valence-corrected chi connectivity index (χ0v) is 17.9. The highest BCUT2D eigenvalue weighted by Gasteiger charge is 2.15. The highest BCUT2D eigenvalue weighted by Crippen LogP contribution is 2.27. The van der Waals surface area contributed by atoms with E-state index in [0.29, 0.717) is 22.3 Å². The average Bonchev–Trinajstić information content (AvgIpc) is 3.27. The van der Waals surface area contributed by atoms with Crippen LogP contribution in [0.1, 0.15) is 35.3 Å². The number of carbonyl (C=O) groups is 1. The van der Waals surface area contributed by atoms with E-state index in [1.54, 1.807) is 35.6 Å². The van der Waals surface area contributed by atoms with Crippen LogP contribution in [-0.4, -0.2) is 39.9 Å². The van der Waals surface area contributed by atoms with E-state index < -0.39 is 0 Å². The summed E-state index contributed by atoms with van der Waals surface area (Å²) in [6, 6.07) is 5.34. The first-order chi connectivity index (χ1) is 14.4. The topological polar surface area (TPSA) is 95.1 Å². The molecule has 1 fully saturated rings. The second-order valence-corrected chi connectivity index (χ2v) is 8.04. The van der Waals surface area contributed by atoms with Crippen LogP contribution in [0.3, 0.4) is 0 Å². The maximum Gasteiger partial charge on any atom is 0.275 e. The summed E-state index contributed by atoms with van der Waals surface area (Å²) in [5.41, 5.74) is 7.73. The van der Waals surface area contributed by atoms with Crippen LogP contribution in [0, 0.1) is 12.7 Å². The number of benzene rings is 1. The molecule has 0 saturated carbocycles. The van der Waals surface area contributed by atoms with Crippen molar-refractivity contribution in [2.75, 3.05) is 18.5 Å². The number of hydrogen-bond donors (Lipinski definition) is 2. The SMILES string of the molecule is Cc1ccc(-c2nc(C(=O)Nc3cnn(C)c3)cs2)c(F)c1.NC1CCCOCC1. The third kappa shape index (κ3) is 6.19. The van der Waals surface area contributed by atoms with E-state index in [4.69, 9.17) is 10.5 Å². The van der Waals surface area contributed by atoms with Gasteiger partial charge in [-0.05, 0) is 43.9 Å². The fraction of sp³-hybridized carbons (Fsp3) is 0.381. The second kappa shape index (κ2) is 10.4. The van der Waals surface area contributed by atoms with Gasteiger partial charge in [-0.2, -0.15) is 5.10 Å². The first kappa shape index (κ1) is 22.1. The monoisotopic (exact) mass is 431 g/mol. The van der Waals surface area contributed by atoms with Crippen LogP contribution in [0.5, 0.6) is 0 Å². The van der Waals surface area contributed by atoms with Crippen molar-refractivity contribution in [3.05, 3.63) is 53.0 Å². The van der Waals surface area contributed by atoms with Gasteiger partial charge in [0.1, 0.15) is 16.5 Å². The molecule has 1 aliphatic heterocycles. The Morgan fingerprint density at radius 2 is 2.20 bits per heavy atom. The summed E-state index contributed by atoms with van der Waals surface area (Å²) in [6.07, 6.45) is 6.55. The maximum absolute atomic E-state index is 14.0. The first-order valence-corrected chi connectivity index (χ1v) is 10.7. The third-order valence-electron chi connectivity index (χ3n) is 4.55. The molecule has 2 aromatic heterocycles. The van der Waals surface area contributed by atoms with E-state index in [1.807, 2.05) is 13.0 Å². The smallest absolute Gasteiger partial charge is 0.275 e. The highest BCUT2D eigenvalue weighted by molar-refractivity contribution is 7.13. The number of aromatic nitrogens is 3. The molecule has 3 N–H and O–H groups in total. The molecule has 0 bridgehead atoms. The van der Waals surface area contributed by atoms with Gasteiger partial charge in [-0.25, -0.2) is 9.37 Å². The molecule has 1 amide bonds. The molecule has 160 valence electrons. The van der Waals surface area contributed by atoms with Crippen LogP contribution < -0.4 is 11.1 Å². The molecule has 1 aromatic carbocycles. The Morgan fingerprint density at radius 1 is 1.37 bits per heavy atom. The van der Waals surface area contributed by atoms with Crippen molar-refractivity contribution in [1.82, 2.24) is 14.8 Å². The minimum Gasteiger partial charge on any atom is -0.381 e. The molecule has 1 saturated heterocycles. The predicted molar refractivity (Wildman–Crippen MR) is 116 cm³/mol. The molecular formula is C21H26FN5O2S. The Bertz CT molecular complexity index is 979. The van der Waals surface area contributed by atoms with E-state index >= 15 is 0 Å². The van der Waals surface area contributed by atoms with Crippen LogP contribution in [-0.2, 0) is 11.8 Å². The summed E-state index contributed by atoms with van der Waals surface area (Å²) in [7, 11) is 1.76. The van der Waals surface area contributed by atoms with E-state index in [9.17, 15) is 9.18 Å². The Labute approximate surface area is 179 Å². The van der Waals surface area contributed by atoms with Crippen LogP contribution in [0.2, 0.25) is 0 Å². The van der Waals surface area contributed by atoms with Gasteiger partial charge in [0.25, 0.3) is 5.91 Å². The van der Waals surface area contributed by atoms with Gasteiger partial charge in [-0.1, -0.05) is 6.07 Å². The van der Waals surface area contributed by atoms with Gasteiger partial charge in [0.15, 0.2) is 0 Å². The second-order valence-electron chi connectivity index (χ2n) is 7.18. The number of ether oxygens (including phenoxy) is 1. The summed E-state index contributed by atoms with van der Waals surface area (Å²) in [5.74, 6) is -0.684. The van der Waals surface area contributed by atoms with Gasteiger partial charge in [0.05, 0.1) is 11.9 Å². The molecule has 1 unspecified atom stereocenters. The van der Waals surface area contributed by atoms with Crippen molar-refractivity contribution >= 4 is 22.9 Å². The minimum absolute atomic E-state index is 0.254. The number of nitrogens with zero attached hydrogens (tertiary/aromatic N) is 3. The number of halogens is 1. The zero-order chi connectivity index (χ0) is 21.5. The lowest BCUT2D eigenvalue weighted by Crippen LogP contribution is -2.19. The third-order valence-corrected chi connectivity index (χ3v) is 5.43. The number of anilines is 1. The standard InChI is InChI=1S/C15H13FN4OS.C6H13NO/c1-9-3-4-11(12(16)5-9)15-19-13(8-22-15)14(21)18-10-6-17-20(2)7-10;7-6-2-1-4-8-5-3-6/h3-8H,1-2H3,(H,18,21);6H,1-5,7H2. The predicted octanol–water partition coefficient (Wildman–Crippen LogP) is 3.76. The Morgan fingerprint density at radius 3 is 2.93 bits per heavy atom. The number of thiazole rings is 1. The Hall–Kier alpha value is -2.62. The van der Waals surface area contributed by atoms with Gasteiger partial charge in [-0.15, -0.1) is 11.3 Å².